The van der Waals surface area contributed by atoms with E-state index >= 15 is 0 Å². The average molecular weight is 431 g/mol. The van der Waals surface area contributed by atoms with Crippen LogP contribution in [0.3, 0.4) is 0 Å². The van der Waals surface area contributed by atoms with Gasteiger partial charge in [-0.15, -0.1) is 11.3 Å². The Bertz CT molecular complexity index is 1220. The van der Waals surface area contributed by atoms with E-state index in [1.165, 1.54) is 11.3 Å². The van der Waals surface area contributed by atoms with Gasteiger partial charge in [0, 0.05) is 5.56 Å². The van der Waals surface area contributed by atoms with Gasteiger partial charge in [-0.2, -0.15) is 15.4 Å². The van der Waals surface area contributed by atoms with Gasteiger partial charge in [-0.1, -0.05) is 6.07 Å². The van der Waals surface area contributed by atoms with Gasteiger partial charge in [-0.3, -0.25) is 0 Å². The summed E-state index contributed by atoms with van der Waals surface area (Å²) >= 11 is 1.40. The molecule has 0 bridgehead atoms. The molecule has 0 saturated heterocycles. The summed E-state index contributed by atoms with van der Waals surface area (Å²) in [5.41, 5.74) is 0.392. The molecule has 0 aliphatic carbocycles. The van der Waals surface area contributed by atoms with Gasteiger partial charge in [0.1, 0.15) is 5.01 Å². The van der Waals surface area contributed by atoms with E-state index in [0.717, 1.165) is 21.6 Å². The highest BCUT2D eigenvalue weighted by Gasteiger charge is 2.19. The van der Waals surface area contributed by atoms with Gasteiger partial charge in [0.2, 0.25) is 0 Å². The Kier molecular flexibility index (Phi) is 5.31. The number of aromatic nitrogens is 5. The van der Waals surface area contributed by atoms with Gasteiger partial charge in [0.15, 0.2) is 22.7 Å². The number of aryl methyl sites for hydroxylation is 1. The summed E-state index contributed by atoms with van der Waals surface area (Å²) in [4.78, 5) is 9.82. The van der Waals surface area contributed by atoms with Crippen LogP contribution in [0, 0.1) is 18.6 Å². The molecule has 4 rings (SSSR count). The maximum Gasteiger partial charge on any atom is 0.162 e. The first kappa shape index (κ1) is 20.5. The lowest BCUT2D eigenvalue weighted by Gasteiger charge is -2.16. The van der Waals surface area contributed by atoms with E-state index in [1.807, 2.05) is 6.92 Å². The van der Waals surface area contributed by atoms with E-state index in [4.69, 9.17) is 4.74 Å². The largest absolute Gasteiger partial charge is 0.388 e. The van der Waals surface area contributed by atoms with Crippen LogP contribution in [0.5, 0.6) is 0 Å². The molecule has 0 aliphatic rings. The molecule has 0 aliphatic heterocycles. The molecule has 0 amide bonds. The minimum absolute atomic E-state index is 0.00616. The summed E-state index contributed by atoms with van der Waals surface area (Å²) in [6.45, 7) is 5.63. The zero-order valence-electron chi connectivity index (χ0n) is 16.5. The molecule has 7 nitrogen and oxygen atoms in total. The van der Waals surface area contributed by atoms with Crippen LogP contribution in [0.15, 0.2) is 24.3 Å². The van der Waals surface area contributed by atoms with Gasteiger partial charge in [-0.05, 0) is 39.0 Å². The standard InChI is InChI=1S/C20H19F2N5O2S/c1-10-19(30-15(23-10)8-29-9-20(2,3)28)14-6-4-5-13(24-14)11-7-12(21)17-18(16(11)22)26-27-25-17/h4-7,28H,8-9H2,1-3H3,(H,25,26,27). The maximum absolute atomic E-state index is 14.8. The Morgan fingerprint density at radius 2 is 1.87 bits per heavy atom. The summed E-state index contributed by atoms with van der Waals surface area (Å²) in [6, 6.07) is 6.19. The molecule has 10 heteroatoms. The van der Waals surface area contributed by atoms with E-state index in [0.29, 0.717) is 5.69 Å². The van der Waals surface area contributed by atoms with Crippen molar-refractivity contribution in [2.75, 3.05) is 6.61 Å². The van der Waals surface area contributed by atoms with Gasteiger partial charge in [-0.25, -0.2) is 18.7 Å². The highest BCUT2D eigenvalue weighted by atomic mass is 32.1. The number of pyridine rings is 1. The number of aliphatic hydroxyl groups is 1. The second-order valence-electron chi connectivity index (χ2n) is 7.48. The predicted molar refractivity (Wildman–Crippen MR) is 109 cm³/mol. The molecule has 0 atom stereocenters. The van der Waals surface area contributed by atoms with E-state index in [9.17, 15) is 13.9 Å². The van der Waals surface area contributed by atoms with Crippen molar-refractivity contribution in [2.24, 2.45) is 0 Å². The third kappa shape index (κ3) is 4.07. The lowest BCUT2D eigenvalue weighted by atomic mass is 10.1. The fourth-order valence-corrected chi connectivity index (χ4v) is 3.95. The van der Waals surface area contributed by atoms with Crippen molar-refractivity contribution in [1.82, 2.24) is 25.4 Å². The predicted octanol–water partition coefficient (Wildman–Crippen LogP) is 4.02. The van der Waals surface area contributed by atoms with E-state index < -0.39 is 17.2 Å². The second kappa shape index (κ2) is 7.78. The minimum Gasteiger partial charge on any atom is -0.388 e. The molecule has 4 aromatic rings. The molecule has 3 heterocycles. The molecule has 0 saturated carbocycles. The zero-order valence-corrected chi connectivity index (χ0v) is 17.3. The van der Waals surface area contributed by atoms with Gasteiger partial charge in [0.05, 0.1) is 40.8 Å². The minimum atomic E-state index is -0.921. The van der Waals surface area contributed by atoms with Crippen molar-refractivity contribution in [3.8, 4) is 21.8 Å². The van der Waals surface area contributed by atoms with Gasteiger partial charge >= 0.3 is 0 Å². The van der Waals surface area contributed by atoms with Crippen LogP contribution in [-0.2, 0) is 11.3 Å². The summed E-state index contributed by atoms with van der Waals surface area (Å²) in [5.74, 6) is -1.37. The molecule has 30 heavy (non-hydrogen) atoms. The molecule has 2 N–H and O–H groups in total. The number of rotatable bonds is 6. The van der Waals surface area contributed by atoms with Crippen LogP contribution in [0.25, 0.3) is 32.9 Å². The molecule has 156 valence electrons. The highest BCUT2D eigenvalue weighted by Crippen LogP contribution is 2.33. The Labute approximate surface area is 174 Å². The van der Waals surface area contributed by atoms with Crippen molar-refractivity contribution in [3.05, 3.63) is 46.6 Å². The van der Waals surface area contributed by atoms with Crippen LogP contribution in [0.2, 0.25) is 0 Å². The van der Waals surface area contributed by atoms with Crippen LogP contribution in [0.4, 0.5) is 8.78 Å². The molecule has 0 fully saturated rings. The quantitative estimate of drug-likeness (QED) is 0.479. The SMILES string of the molecule is Cc1nc(COCC(C)(C)O)sc1-c1cccc(-c2cc(F)c3n[nH]nc3c2F)n1. The number of aromatic amines is 1. The normalized spacial score (nSPS) is 12.1. The maximum atomic E-state index is 14.8. The number of fused-ring (bicyclic) bond motifs is 1. The smallest absolute Gasteiger partial charge is 0.162 e. The molecule has 3 aromatic heterocycles. The lowest BCUT2D eigenvalue weighted by molar-refractivity contribution is -0.0269. The summed E-state index contributed by atoms with van der Waals surface area (Å²) in [5, 5.41) is 20.0. The van der Waals surface area contributed by atoms with Crippen molar-refractivity contribution in [3.63, 3.8) is 0 Å². The van der Waals surface area contributed by atoms with Crippen LogP contribution >= 0.6 is 11.3 Å². The zero-order chi connectivity index (χ0) is 21.5. The fourth-order valence-electron chi connectivity index (χ4n) is 2.97. The average Bonchev–Trinajstić information content (AvgIpc) is 3.31. The first-order chi connectivity index (χ1) is 14.2. The lowest BCUT2D eigenvalue weighted by Crippen LogP contribution is -2.25. The van der Waals surface area contributed by atoms with Crippen LogP contribution in [0.1, 0.15) is 24.5 Å². The number of thiazole rings is 1. The number of H-pyrrole nitrogens is 1. The Hall–Kier alpha value is -2.82. The molecular formula is C20H19F2N5O2S. The molecule has 0 spiro atoms. The van der Waals surface area contributed by atoms with Crippen LogP contribution in [-0.4, -0.2) is 42.7 Å². The van der Waals surface area contributed by atoms with Crippen LogP contribution < -0.4 is 0 Å². The number of ether oxygens (including phenoxy) is 1. The van der Waals surface area contributed by atoms with Crippen molar-refractivity contribution in [1.29, 1.82) is 0 Å². The summed E-state index contributed by atoms with van der Waals surface area (Å²) in [6.07, 6.45) is 0. The number of hydrogen-bond donors (Lipinski definition) is 2. The van der Waals surface area contributed by atoms with Crippen molar-refractivity contribution >= 4 is 22.4 Å². The summed E-state index contributed by atoms with van der Waals surface area (Å²) < 4.78 is 34.6. The fraction of sp³-hybridized carbons (Fsp3) is 0.300. The summed E-state index contributed by atoms with van der Waals surface area (Å²) in [7, 11) is 0. The Morgan fingerprint density at radius 1 is 1.13 bits per heavy atom. The van der Waals surface area contributed by atoms with Gasteiger partial charge < -0.3 is 9.84 Å². The third-order valence-corrected chi connectivity index (χ3v) is 5.42. The number of hydrogen-bond acceptors (Lipinski definition) is 7. The number of benzene rings is 1. The van der Waals surface area contributed by atoms with Crippen molar-refractivity contribution in [2.45, 2.75) is 33.0 Å². The number of nitrogens with one attached hydrogen (secondary N) is 1. The number of halogens is 2. The van der Waals surface area contributed by atoms with E-state index in [-0.39, 0.29) is 35.5 Å². The highest BCUT2D eigenvalue weighted by molar-refractivity contribution is 7.15. The molecule has 0 unspecified atom stereocenters. The first-order valence-corrected chi connectivity index (χ1v) is 9.97. The topological polar surface area (TPSA) is 96.8 Å². The molecule has 1 aromatic carbocycles. The molecule has 0 radical (unpaired) electrons. The van der Waals surface area contributed by atoms with E-state index in [2.05, 4.69) is 25.4 Å². The van der Waals surface area contributed by atoms with Crippen molar-refractivity contribution < 1.29 is 18.6 Å². The van der Waals surface area contributed by atoms with Gasteiger partial charge in [0.25, 0.3) is 0 Å². The Balaban J connectivity index is 1.66. The number of nitrogens with zero attached hydrogens (tertiary/aromatic N) is 4. The molecular weight excluding hydrogens is 412 g/mol. The third-order valence-electron chi connectivity index (χ3n) is 4.27. The monoisotopic (exact) mass is 431 g/mol. The first-order valence-electron chi connectivity index (χ1n) is 9.15. The van der Waals surface area contributed by atoms with E-state index in [1.54, 1.807) is 32.0 Å². The Morgan fingerprint density at radius 3 is 2.63 bits per heavy atom. The second-order valence-corrected chi connectivity index (χ2v) is 8.56.